The van der Waals surface area contributed by atoms with Crippen molar-refractivity contribution in [1.82, 2.24) is 0 Å². The molecule has 13 heteroatoms. The van der Waals surface area contributed by atoms with E-state index in [1.807, 2.05) is 0 Å². The second-order valence-corrected chi connectivity index (χ2v) is 10.3. The summed E-state index contributed by atoms with van der Waals surface area (Å²) in [5.74, 6) is -2.82. The second-order valence-electron chi connectivity index (χ2n) is 9.93. The van der Waals surface area contributed by atoms with Gasteiger partial charge in [0.15, 0.2) is 11.6 Å². The van der Waals surface area contributed by atoms with Gasteiger partial charge in [0.1, 0.15) is 5.75 Å². The third kappa shape index (κ3) is 7.01. The molecule has 0 fully saturated rings. The lowest BCUT2D eigenvalue weighted by Gasteiger charge is -2.31. The van der Waals surface area contributed by atoms with Crippen LogP contribution in [0.4, 0.5) is 30.7 Å². The minimum Gasteiger partial charge on any atom is -0.491 e. The van der Waals surface area contributed by atoms with Crippen LogP contribution in [0.15, 0.2) is 54.6 Å². The van der Waals surface area contributed by atoms with E-state index < -0.39 is 58.6 Å². The molecule has 0 heterocycles. The minimum atomic E-state index is -6.38. The number of carboxylic acids is 1. The first kappa shape index (κ1) is 33.6. The lowest BCUT2D eigenvalue weighted by molar-refractivity contribution is -0.348. The van der Waals surface area contributed by atoms with Crippen LogP contribution in [0.3, 0.4) is 0 Å². The van der Waals surface area contributed by atoms with Gasteiger partial charge in [-0.05, 0) is 56.2 Å². The molecule has 5 nitrogen and oxygen atoms in total. The third-order valence-electron chi connectivity index (χ3n) is 6.58. The van der Waals surface area contributed by atoms with Gasteiger partial charge in [-0.3, -0.25) is 9.59 Å². The first-order valence-corrected chi connectivity index (χ1v) is 13.0. The predicted molar refractivity (Wildman–Crippen MR) is 143 cm³/mol. The first-order valence-electron chi connectivity index (χ1n) is 12.6. The monoisotopic (exact) mass is 632 g/mol. The molecule has 3 rings (SSSR count). The highest BCUT2D eigenvalue weighted by atomic mass is 35.5. The Hall–Kier alpha value is -3.93. The molecule has 0 saturated heterocycles. The van der Waals surface area contributed by atoms with Crippen molar-refractivity contribution in [2.75, 3.05) is 0 Å². The highest BCUT2D eigenvalue weighted by Gasteiger charge is 2.73. The van der Waals surface area contributed by atoms with E-state index in [0.29, 0.717) is 11.1 Å². The van der Waals surface area contributed by atoms with Crippen molar-refractivity contribution in [3.8, 4) is 5.75 Å². The highest BCUT2D eigenvalue weighted by molar-refractivity contribution is 6.32. The van der Waals surface area contributed by atoms with E-state index in [-0.39, 0.29) is 46.6 Å². The number of carbonyl (C=O) groups is 3. The van der Waals surface area contributed by atoms with Gasteiger partial charge in [-0.2, -0.15) is 26.3 Å². The lowest BCUT2D eigenvalue weighted by atomic mass is 9.90. The Labute approximate surface area is 246 Å². The van der Waals surface area contributed by atoms with Crippen LogP contribution in [0.25, 0.3) is 0 Å². The van der Waals surface area contributed by atoms with Crippen molar-refractivity contribution in [1.29, 1.82) is 0 Å². The molecule has 0 atom stereocenters. The van der Waals surface area contributed by atoms with Gasteiger partial charge in [-0.25, -0.2) is 9.18 Å². The molecule has 3 aromatic carbocycles. The van der Waals surface area contributed by atoms with Crippen molar-refractivity contribution in [2.24, 2.45) is 0 Å². The van der Waals surface area contributed by atoms with E-state index in [9.17, 15) is 45.1 Å². The maximum absolute atomic E-state index is 14.8. The Kier molecular flexibility index (Phi) is 9.65. The van der Waals surface area contributed by atoms with Crippen molar-refractivity contribution >= 4 is 29.1 Å². The first-order chi connectivity index (χ1) is 19.8. The molecule has 0 aliphatic rings. The fourth-order valence-electron chi connectivity index (χ4n) is 4.34. The number of ether oxygens (including phenoxy) is 1. The largest absolute Gasteiger partial charge is 0.491 e. The zero-order chi connectivity index (χ0) is 32.5. The van der Waals surface area contributed by atoms with Gasteiger partial charge in [0.25, 0.3) is 0 Å². The predicted octanol–water partition coefficient (Wildman–Crippen LogP) is 8.27. The smallest absolute Gasteiger partial charge is 0.435 e. The Bertz CT molecular complexity index is 1530. The number of rotatable bonds is 10. The summed E-state index contributed by atoms with van der Waals surface area (Å²) in [7, 11) is 0. The molecule has 0 spiro atoms. The van der Waals surface area contributed by atoms with Gasteiger partial charge in [0.05, 0.1) is 11.7 Å². The molecule has 230 valence electrons. The normalized spacial score (nSPS) is 12.4. The van der Waals surface area contributed by atoms with Crippen LogP contribution in [0.5, 0.6) is 5.75 Å². The maximum Gasteiger partial charge on any atom is 0.435 e. The summed E-state index contributed by atoms with van der Waals surface area (Å²) in [5.41, 5.74) is -6.74. The molecule has 0 aliphatic heterocycles. The summed E-state index contributed by atoms with van der Waals surface area (Å²) in [6.07, 6.45) is -14.4. The van der Waals surface area contributed by atoms with E-state index in [2.05, 4.69) is 0 Å². The quantitative estimate of drug-likeness (QED) is 0.180. The Morgan fingerprint density at radius 2 is 1.40 bits per heavy atom. The average Bonchev–Trinajstić information content (AvgIpc) is 2.89. The van der Waals surface area contributed by atoms with Crippen molar-refractivity contribution < 1.29 is 55.0 Å². The lowest BCUT2D eigenvalue weighted by Crippen LogP contribution is -2.50. The zero-order valence-electron chi connectivity index (χ0n) is 22.8. The SMILES string of the molecule is Cc1c(CC(=O)c2ccc(C(=O)O)cc2)cccc1C(=O)Cc1c(Cl)cc(C(F)(C(F)(F)F)C(F)(F)F)cc1OC(C)C. The fourth-order valence-corrected chi connectivity index (χ4v) is 4.61. The summed E-state index contributed by atoms with van der Waals surface area (Å²) >= 11 is 6.08. The number of hydrogen-bond acceptors (Lipinski definition) is 4. The van der Waals surface area contributed by atoms with Crippen LogP contribution >= 0.6 is 11.6 Å². The van der Waals surface area contributed by atoms with E-state index in [4.69, 9.17) is 21.4 Å². The molecule has 0 amide bonds. The topological polar surface area (TPSA) is 80.7 Å². The molecule has 0 radical (unpaired) electrons. The van der Waals surface area contributed by atoms with Crippen molar-refractivity contribution in [2.45, 2.75) is 57.7 Å². The maximum atomic E-state index is 14.8. The molecule has 0 saturated carbocycles. The number of hydrogen-bond donors (Lipinski definition) is 1. The number of carboxylic acid groups (broad SMARTS) is 1. The number of aromatic carboxylic acids is 1. The van der Waals surface area contributed by atoms with Crippen LogP contribution in [-0.2, 0) is 18.5 Å². The second kappa shape index (κ2) is 12.4. The number of alkyl halides is 7. The highest BCUT2D eigenvalue weighted by Crippen LogP contribution is 2.54. The van der Waals surface area contributed by atoms with Gasteiger partial charge in [0.2, 0.25) is 0 Å². The molecular formula is C30H24ClF7O5. The Morgan fingerprint density at radius 1 is 0.837 bits per heavy atom. The van der Waals surface area contributed by atoms with E-state index in [1.54, 1.807) is 13.0 Å². The molecule has 1 N–H and O–H groups in total. The average molecular weight is 633 g/mol. The van der Waals surface area contributed by atoms with Gasteiger partial charge in [-0.1, -0.05) is 41.9 Å². The summed E-state index contributed by atoms with van der Waals surface area (Å²) in [6.45, 7) is 4.38. The summed E-state index contributed by atoms with van der Waals surface area (Å²) in [5, 5.41) is 8.28. The van der Waals surface area contributed by atoms with Crippen molar-refractivity contribution in [3.05, 3.63) is 98.6 Å². The van der Waals surface area contributed by atoms with Crippen LogP contribution in [0.2, 0.25) is 5.02 Å². The summed E-state index contributed by atoms with van der Waals surface area (Å²) in [4.78, 5) is 37.2. The Morgan fingerprint density at radius 3 is 1.91 bits per heavy atom. The number of ketones is 2. The molecule has 0 aliphatic carbocycles. The van der Waals surface area contributed by atoms with Crippen LogP contribution in [0.1, 0.15) is 67.2 Å². The molecule has 3 aromatic rings. The molecular weight excluding hydrogens is 609 g/mol. The van der Waals surface area contributed by atoms with E-state index in [0.717, 1.165) is 0 Å². The fraction of sp³-hybridized carbons (Fsp3) is 0.300. The minimum absolute atomic E-state index is 0.0122. The third-order valence-corrected chi connectivity index (χ3v) is 6.92. The summed E-state index contributed by atoms with van der Waals surface area (Å²) in [6, 6.07) is 10.1. The van der Waals surface area contributed by atoms with Gasteiger partial charge < -0.3 is 9.84 Å². The summed E-state index contributed by atoms with van der Waals surface area (Å²) < 4.78 is 101. The standard InChI is InChI=1S/C30H24ClF7O5/c1-15(2)43-26-13-20(28(32,29(33,34)35)30(36,37)38)12-23(31)22(26)14-25(40)21-6-4-5-19(16(21)3)11-24(39)17-7-9-18(10-8-17)27(41)42/h4-10,12-13,15H,11,14H2,1-3H3,(H,41,42). The molecule has 0 unspecified atom stereocenters. The van der Waals surface area contributed by atoms with E-state index >= 15 is 0 Å². The number of benzene rings is 3. The molecule has 0 bridgehead atoms. The number of Topliss-reactive ketones (excluding diaryl/α,β-unsaturated/α-hetero) is 2. The van der Waals surface area contributed by atoms with Crippen molar-refractivity contribution in [3.63, 3.8) is 0 Å². The van der Waals surface area contributed by atoms with E-state index in [1.165, 1.54) is 50.2 Å². The van der Waals surface area contributed by atoms with Crippen LogP contribution < -0.4 is 4.74 Å². The van der Waals surface area contributed by atoms with Crippen LogP contribution in [0, 0.1) is 6.92 Å². The van der Waals surface area contributed by atoms with Crippen LogP contribution in [-0.4, -0.2) is 41.1 Å². The van der Waals surface area contributed by atoms with Gasteiger partial charge in [-0.15, -0.1) is 0 Å². The zero-order valence-corrected chi connectivity index (χ0v) is 23.5. The number of carbonyl (C=O) groups excluding carboxylic acids is 2. The Balaban J connectivity index is 1.98. The van der Waals surface area contributed by atoms with Gasteiger partial charge in [0, 0.05) is 40.1 Å². The molecule has 43 heavy (non-hydrogen) atoms. The van der Waals surface area contributed by atoms with Gasteiger partial charge >= 0.3 is 24.0 Å². The number of halogens is 8. The molecule has 0 aromatic heterocycles.